The molecule has 202 valence electrons. The van der Waals surface area contributed by atoms with E-state index in [2.05, 4.69) is 21.5 Å². The number of amides is 1. The van der Waals surface area contributed by atoms with E-state index in [0.29, 0.717) is 64.9 Å². The highest BCUT2D eigenvalue weighted by atomic mass is 35.5. The maximum absolute atomic E-state index is 11.6. The molecule has 1 saturated heterocycles. The predicted molar refractivity (Wildman–Crippen MR) is 143 cm³/mol. The number of primary amides is 1. The Morgan fingerprint density at radius 3 is 2.63 bits per heavy atom. The lowest BCUT2D eigenvalue weighted by Crippen LogP contribution is -2.26. The fourth-order valence-electron chi connectivity index (χ4n) is 5.56. The molecular formula is C27H33ClN6O4. The fourth-order valence-corrected chi connectivity index (χ4v) is 5.75. The van der Waals surface area contributed by atoms with Crippen molar-refractivity contribution in [1.82, 2.24) is 19.5 Å². The van der Waals surface area contributed by atoms with E-state index in [1.165, 1.54) is 12.8 Å². The number of aliphatic hydroxyl groups excluding tert-OH is 1. The monoisotopic (exact) mass is 540 g/mol. The summed E-state index contributed by atoms with van der Waals surface area (Å²) >= 11 is 6.34. The van der Waals surface area contributed by atoms with E-state index in [4.69, 9.17) is 37.2 Å². The highest BCUT2D eigenvalue weighted by Gasteiger charge is 2.32. The average molecular weight is 541 g/mol. The lowest BCUT2D eigenvalue weighted by Gasteiger charge is -2.30. The third-order valence-corrected chi connectivity index (χ3v) is 7.92. The second kappa shape index (κ2) is 11.3. The van der Waals surface area contributed by atoms with Gasteiger partial charge < -0.3 is 24.9 Å². The fraction of sp³-hybridized carbons (Fsp3) is 0.519. The van der Waals surface area contributed by atoms with Crippen LogP contribution < -0.4 is 5.73 Å². The predicted octanol–water partition coefficient (Wildman–Crippen LogP) is 4.85. The third-order valence-electron chi connectivity index (χ3n) is 7.69. The SMILES string of the molecule is C[C@H]1CC[C@H](Cn2c(C(O)C3CCOCC3)nc3nc(C(=N)OC(N)=O)nc(-c4cccc(Cl)c4)c32)CC1. The molecule has 3 heterocycles. The van der Waals surface area contributed by atoms with Gasteiger partial charge in [0.2, 0.25) is 5.82 Å². The standard InChI is InChI=1S/C27H33ClN6O4/c1-15-5-7-16(8-6-15)14-34-21-20(18-3-2-4-19(28)13-18)31-25(23(29)38-27(30)36)32-24(21)33-26(34)22(35)17-9-11-37-12-10-17/h2-4,13,15-17,22,29,35H,5-12,14H2,1H3,(H2,30,36)/t15-,16-,22?. The first kappa shape index (κ1) is 26.5. The topological polar surface area (TPSA) is 149 Å². The van der Waals surface area contributed by atoms with E-state index < -0.39 is 18.1 Å². The van der Waals surface area contributed by atoms with Crippen molar-refractivity contribution in [2.24, 2.45) is 23.5 Å². The summed E-state index contributed by atoms with van der Waals surface area (Å²) in [6.07, 6.45) is 4.05. The van der Waals surface area contributed by atoms with Crippen molar-refractivity contribution in [1.29, 1.82) is 5.41 Å². The smallest absolute Gasteiger partial charge is 0.388 e. The number of fused-ring (bicyclic) bond motifs is 1. The summed E-state index contributed by atoms with van der Waals surface area (Å²) in [5, 5.41) is 20.3. The zero-order valence-electron chi connectivity index (χ0n) is 21.4. The number of aromatic nitrogens is 4. The van der Waals surface area contributed by atoms with E-state index >= 15 is 0 Å². The number of rotatable bonds is 6. The van der Waals surface area contributed by atoms with Crippen LogP contribution in [0.1, 0.15) is 63.2 Å². The van der Waals surface area contributed by atoms with E-state index in [0.717, 1.165) is 25.7 Å². The maximum atomic E-state index is 11.6. The summed E-state index contributed by atoms with van der Waals surface area (Å²) in [6, 6.07) is 7.23. The molecular weight excluding hydrogens is 508 g/mol. The largest absolute Gasteiger partial charge is 0.411 e. The summed E-state index contributed by atoms with van der Waals surface area (Å²) in [6.45, 7) is 4.16. The highest BCUT2D eigenvalue weighted by Crippen LogP contribution is 2.37. The summed E-state index contributed by atoms with van der Waals surface area (Å²) in [4.78, 5) is 25.3. The van der Waals surface area contributed by atoms with Crippen molar-refractivity contribution >= 4 is 34.8 Å². The molecule has 0 radical (unpaired) electrons. The van der Waals surface area contributed by atoms with Crippen LogP contribution in [0, 0.1) is 23.2 Å². The Labute approximate surface area is 226 Å². The van der Waals surface area contributed by atoms with E-state index in [1.54, 1.807) is 12.1 Å². The molecule has 2 aliphatic rings. The number of carbonyl (C=O) groups is 1. The molecule has 5 rings (SSSR count). The van der Waals surface area contributed by atoms with Crippen LogP contribution >= 0.6 is 11.6 Å². The molecule has 1 aliphatic heterocycles. The van der Waals surface area contributed by atoms with Crippen LogP contribution in [0.25, 0.3) is 22.4 Å². The lowest BCUT2D eigenvalue weighted by atomic mass is 9.83. The van der Waals surface area contributed by atoms with Crippen molar-refractivity contribution in [3.8, 4) is 11.3 Å². The van der Waals surface area contributed by atoms with E-state index in [-0.39, 0.29) is 11.7 Å². The van der Waals surface area contributed by atoms with Gasteiger partial charge in [0.25, 0.3) is 5.90 Å². The zero-order valence-corrected chi connectivity index (χ0v) is 22.2. The molecule has 1 saturated carbocycles. The molecule has 0 spiro atoms. The molecule has 0 bridgehead atoms. The molecule has 1 aromatic carbocycles. The molecule has 1 atom stereocenters. The van der Waals surface area contributed by atoms with Crippen LogP contribution in [-0.4, -0.2) is 49.8 Å². The van der Waals surface area contributed by atoms with Crippen LogP contribution in [0.15, 0.2) is 24.3 Å². The Hall–Kier alpha value is -3.08. The van der Waals surface area contributed by atoms with Crippen LogP contribution in [-0.2, 0) is 16.0 Å². The zero-order chi connectivity index (χ0) is 26.8. The summed E-state index contributed by atoms with van der Waals surface area (Å²) in [7, 11) is 0. The molecule has 11 heteroatoms. The van der Waals surface area contributed by atoms with Gasteiger partial charge in [-0.3, -0.25) is 5.41 Å². The number of nitrogens with one attached hydrogen (secondary N) is 1. The van der Waals surface area contributed by atoms with Gasteiger partial charge in [-0.15, -0.1) is 0 Å². The second-order valence-electron chi connectivity index (χ2n) is 10.4. The molecule has 3 aromatic rings. The average Bonchev–Trinajstić information content (AvgIpc) is 3.27. The summed E-state index contributed by atoms with van der Waals surface area (Å²) in [5.41, 5.74) is 7.30. The highest BCUT2D eigenvalue weighted by molar-refractivity contribution is 6.30. The van der Waals surface area contributed by atoms with E-state index in [9.17, 15) is 9.90 Å². The quantitative estimate of drug-likeness (QED) is 0.298. The van der Waals surface area contributed by atoms with Crippen molar-refractivity contribution in [3.05, 3.63) is 40.9 Å². The first-order chi connectivity index (χ1) is 18.3. The van der Waals surface area contributed by atoms with Crippen molar-refractivity contribution in [3.63, 3.8) is 0 Å². The van der Waals surface area contributed by atoms with Crippen LogP contribution in [0.3, 0.4) is 0 Å². The van der Waals surface area contributed by atoms with Gasteiger partial charge in [-0.2, -0.15) is 0 Å². The number of aliphatic hydroxyl groups is 1. The van der Waals surface area contributed by atoms with Gasteiger partial charge in [-0.25, -0.2) is 19.7 Å². The molecule has 1 amide bonds. The number of hydrogen-bond acceptors (Lipinski definition) is 8. The Kier molecular flexibility index (Phi) is 7.92. The summed E-state index contributed by atoms with van der Waals surface area (Å²) in [5.74, 6) is 0.960. The van der Waals surface area contributed by atoms with Gasteiger partial charge in [0.15, 0.2) is 5.65 Å². The van der Waals surface area contributed by atoms with Gasteiger partial charge in [-0.05, 0) is 55.6 Å². The summed E-state index contributed by atoms with van der Waals surface area (Å²) < 4.78 is 12.4. The second-order valence-corrected chi connectivity index (χ2v) is 10.9. The first-order valence-electron chi connectivity index (χ1n) is 13.2. The normalized spacial score (nSPS) is 21.3. The number of halogens is 1. The minimum absolute atomic E-state index is 0.00392. The number of hydrogen-bond donors (Lipinski definition) is 3. The van der Waals surface area contributed by atoms with Crippen molar-refractivity contribution < 1.29 is 19.4 Å². The Morgan fingerprint density at radius 2 is 1.95 bits per heavy atom. The number of benzene rings is 1. The third kappa shape index (κ3) is 5.67. The van der Waals surface area contributed by atoms with Crippen LogP contribution in [0.5, 0.6) is 0 Å². The van der Waals surface area contributed by atoms with Gasteiger partial charge >= 0.3 is 6.09 Å². The van der Waals surface area contributed by atoms with Gasteiger partial charge in [0, 0.05) is 30.3 Å². The van der Waals surface area contributed by atoms with E-state index in [1.807, 2.05) is 12.1 Å². The number of nitrogens with two attached hydrogens (primary N) is 1. The molecule has 1 aliphatic carbocycles. The molecule has 1 unspecified atom stereocenters. The van der Waals surface area contributed by atoms with Crippen molar-refractivity contribution in [2.45, 2.75) is 58.1 Å². The Bertz CT molecular complexity index is 1330. The Balaban J connectivity index is 1.69. The number of ether oxygens (including phenoxy) is 2. The van der Waals surface area contributed by atoms with Crippen LogP contribution in [0.4, 0.5) is 4.79 Å². The first-order valence-corrected chi connectivity index (χ1v) is 13.5. The lowest BCUT2D eigenvalue weighted by molar-refractivity contribution is 0.00228. The van der Waals surface area contributed by atoms with Gasteiger partial charge in [0.05, 0.1) is 0 Å². The maximum Gasteiger partial charge on any atom is 0.411 e. The molecule has 4 N–H and O–H groups in total. The number of nitrogens with zero attached hydrogens (tertiary/aromatic N) is 4. The number of imidazole rings is 1. The van der Waals surface area contributed by atoms with Crippen molar-refractivity contribution in [2.75, 3.05) is 13.2 Å². The van der Waals surface area contributed by atoms with Gasteiger partial charge in [0.1, 0.15) is 23.1 Å². The number of carbonyl (C=O) groups excluding carboxylic acids is 1. The molecule has 38 heavy (non-hydrogen) atoms. The molecule has 10 nitrogen and oxygen atoms in total. The minimum atomic E-state index is -1.13. The molecule has 2 aromatic heterocycles. The minimum Gasteiger partial charge on any atom is -0.388 e. The molecule has 2 fully saturated rings. The van der Waals surface area contributed by atoms with Crippen LogP contribution in [0.2, 0.25) is 5.02 Å². The van der Waals surface area contributed by atoms with Gasteiger partial charge in [-0.1, -0.05) is 43.5 Å². The Morgan fingerprint density at radius 1 is 1.21 bits per heavy atom.